The van der Waals surface area contributed by atoms with Crippen molar-refractivity contribution >= 4 is 0 Å². The zero-order valence-corrected chi connectivity index (χ0v) is 10.3. The Morgan fingerprint density at radius 2 is 2.00 bits per heavy atom. The van der Waals surface area contributed by atoms with E-state index in [-0.39, 0.29) is 0 Å². The molecule has 0 radical (unpaired) electrons. The first-order chi connectivity index (χ1) is 6.71. The molecule has 0 amide bonds. The van der Waals surface area contributed by atoms with Crippen molar-refractivity contribution in [2.75, 3.05) is 33.9 Å². The first-order valence-electron chi connectivity index (χ1n) is 5.61. The van der Waals surface area contributed by atoms with Gasteiger partial charge in [-0.3, -0.25) is 4.90 Å². The highest BCUT2D eigenvalue weighted by atomic mass is 16.5. The third-order valence-corrected chi connectivity index (χ3v) is 2.96. The highest BCUT2D eigenvalue weighted by Crippen LogP contribution is 2.06. The molecule has 0 saturated heterocycles. The standard InChI is InChI=1S/C11H26N2O/c1-6-11(12-4)10(3)13(7-2)8-9-14-5/h10-12H,6-9H2,1-5H3. The molecule has 3 nitrogen and oxygen atoms in total. The number of nitrogens with zero attached hydrogens (tertiary/aromatic N) is 1. The summed E-state index contributed by atoms with van der Waals surface area (Å²) in [5.74, 6) is 0. The van der Waals surface area contributed by atoms with E-state index < -0.39 is 0 Å². The van der Waals surface area contributed by atoms with E-state index in [1.165, 1.54) is 6.42 Å². The molecule has 0 aliphatic heterocycles. The number of hydrogen-bond acceptors (Lipinski definition) is 3. The maximum absolute atomic E-state index is 5.11. The van der Waals surface area contributed by atoms with Crippen LogP contribution in [0.4, 0.5) is 0 Å². The van der Waals surface area contributed by atoms with Crippen LogP contribution in [0, 0.1) is 0 Å². The van der Waals surface area contributed by atoms with E-state index >= 15 is 0 Å². The zero-order valence-electron chi connectivity index (χ0n) is 10.3. The molecule has 0 aromatic heterocycles. The van der Waals surface area contributed by atoms with Crippen molar-refractivity contribution < 1.29 is 4.74 Å². The van der Waals surface area contributed by atoms with Crippen molar-refractivity contribution in [3.63, 3.8) is 0 Å². The minimum Gasteiger partial charge on any atom is -0.383 e. The number of likely N-dealkylation sites (N-methyl/N-ethyl adjacent to an activating group) is 2. The van der Waals surface area contributed by atoms with Gasteiger partial charge in [0.15, 0.2) is 0 Å². The van der Waals surface area contributed by atoms with Gasteiger partial charge in [0.1, 0.15) is 0 Å². The first-order valence-corrected chi connectivity index (χ1v) is 5.61. The quantitative estimate of drug-likeness (QED) is 0.643. The van der Waals surface area contributed by atoms with E-state index in [4.69, 9.17) is 4.74 Å². The van der Waals surface area contributed by atoms with Crippen molar-refractivity contribution in [2.24, 2.45) is 0 Å². The fraction of sp³-hybridized carbons (Fsp3) is 1.00. The highest BCUT2D eigenvalue weighted by molar-refractivity contribution is 4.78. The zero-order chi connectivity index (χ0) is 11.0. The third-order valence-electron chi connectivity index (χ3n) is 2.96. The molecule has 0 rings (SSSR count). The van der Waals surface area contributed by atoms with E-state index in [1.807, 2.05) is 7.05 Å². The fourth-order valence-corrected chi connectivity index (χ4v) is 1.90. The lowest BCUT2D eigenvalue weighted by Crippen LogP contribution is -2.48. The minimum atomic E-state index is 0.574. The fourth-order valence-electron chi connectivity index (χ4n) is 1.90. The summed E-state index contributed by atoms with van der Waals surface area (Å²) in [4.78, 5) is 2.45. The van der Waals surface area contributed by atoms with Crippen LogP contribution in [0.15, 0.2) is 0 Å². The van der Waals surface area contributed by atoms with Gasteiger partial charge in [0.2, 0.25) is 0 Å². The second kappa shape index (κ2) is 8.21. The van der Waals surface area contributed by atoms with Gasteiger partial charge in [0.25, 0.3) is 0 Å². The average Bonchev–Trinajstić information content (AvgIpc) is 2.21. The first kappa shape index (κ1) is 13.9. The molecule has 0 spiro atoms. The number of methoxy groups -OCH3 is 1. The molecule has 0 bridgehead atoms. The molecule has 2 atom stereocenters. The lowest BCUT2D eigenvalue weighted by atomic mass is 10.1. The highest BCUT2D eigenvalue weighted by Gasteiger charge is 2.19. The Labute approximate surface area is 88.8 Å². The Morgan fingerprint density at radius 1 is 1.36 bits per heavy atom. The Hall–Kier alpha value is -0.120. The lowest BCUT2D eigenvalue weighted by Gasteiger charge is -2.33. The van der Waals surface area contributed by atoms with Crippen molar-refractivity contribution in [2.45, 2.75) is 39.3 Å². The maximum atomic E-state index is 5.11. The summed E-state index contributed by atoms with van der Waals surface area (Å²) in [5.41, 5.74) is 0. The van der Waals surface area contributed by atoms with Gasteiger partial charge in [0.05, 0.1) is 6.61 Å². The minimum absolute atomic E-state index is 0.574. The molecule has 14 heavy (non-hydrogen) atoms. The van der Waals surface area contributed by atoms with E-state index in [1.54, 1.807) is 7.11 Å². The van der Waals surface area contributed by atoms with E-state index in [0.29, 0.717) is 12.1 Å². The molecule has 0 aliphatic rings. The topological polar surface area (TPSA) is 24.5 Å². The van der Waals surface area contributed by atoms with Crippen LogP contribution in [0.1, 0.15) is 27.2 Å². The molecule has 1 N–H and O–H groups in total. The lowest BCUT2D eigenvalue weighted by molar-refractivity contribution is 0.114. The average molecular weight is 202 g/mol. The second-order valence-electron chi connectivity index (χ2n) is 3.67. The molecule has 0 saturated carbocycles. The molecule has 3 heteroatoms. The Kier molecular flexibility index (Phi) is 8.14. The predicted octanol–water partition coefficient (Wildman–Crippen LogP) is 1.34. The van der Waals surface area contributed by atoms with Crippen LogP contribution in [0.2, 0.25) is 0 Å². The predicted molar refractivity (Wildman–Crippen MR) is 61.7 cm³/mol. The molecule has 86 valence electrons. The summed E-state index contributed by atoms with van der Waals surface area (Å²) in [6.45, 7) is 9.63. The van der Waals surface area contributed by atoms with Gasteiger partial charge in [-0.2, -0.15) is 0 Å². The van der Waals surface area contributed by atoms with Gasteiger partial charge in [-0.15, -0.1) is 0 Å². The van der Waals surface area contributed by atoms with Gasteiger partial charge < -0.3 is 10.1 Å². The normalized spacial score (nSPS) is 15.9. The number of nitrogens with one attached hydrogen (secondary N) is 1. The largest absolute Gasteiger partial charge is 0.383 e. The van der Waals surface area contributed by atoms with Crippen molar-refractivity contribution in [3.05, 3.63) is 0 Å². The van der Waals surface area contributed by atoms with E-state index in [2.05, 4.69) is 31.0 Å². The van der Waals surface area contributed by atoms with Crippen LogP contribution in [0.5, 0.6) is 0 Å². The molecular weight excluding hydrogens is 176 g/mol. The molecule has 0 fully saturated rings. The molecule has 2 unspecified atom stereocenters. The van der Waals surface area contributed by atoms with Crippen molar-refractivity contribution in [1.29, 1.82) is 0 Å². The Morgan fingerprint density at radius 3 is 2.36 bits per heavy atom. The van der Waals surface area contributed by atoms with Gasteiger partial charge in [0, 0.05) is 25.7 Å². The van der Waals surface area contributed by atoms with Crippen LogP contribution < -0.4 is 5.32 Å². The third kappa shape index (κ3) is 4.40. The van der Waals surface area contributed by atoms with Crippen molar-refractivity contribution in [1.82, 2.24) is 10.2 Å². The second-order valence-corrected chi connectivity index (χ2v) is 3.67. The SMILES string of the molecule is CCC(NC)C(C)N(CC)CCOC. The molecule has 0 aliphatic carbocycles. The Bertz CT molecular complexity index is 126. The van der Waals surface area contributed by atoms with Crippen LogP contribution in [-0.4, -0.2) is 50.8 Å². The Balaban J connectivity index is 4.06. The van der Waals surface area contributed by atoms with Gasteiger partial charge >= 0.3 is 0 Å². The van der Waals surface area contributed by atoms with Crippen LogP contribution in [0.3, 0.4) is 0 Å². The van der Waals surface area contributed by atoms with Crippen LogP contribution in [0.25, 0.3) is 0 Å². The van der Waals surface area contributed by atoms with Crippen LogP contribution in [-0.2, 0) is 4.74 Å². The molecule has 0 aromatic rings. The summed E-state index contributed by atoms with van der Waals surface area (Å²) >= 11 is 0. The summed E-state index contributed by atoms with van der Waals surface area (Å²) in [6, 6.07) is 1.15. The summed E-state index contributed by atoms with van der Waals surface area (Å²) in [6.07, 6.45) is 1.17. The summed E-state index contributed by atoms with van der Waals surface area (Å²) < 4.78 is 5.11. The number of hydrogen-bond donors (Lipinski definition) is 1. The van der Waals surface area contributed by atoms with Crippen LogP contribution >= 0.6 is 0 Å². The van der Waals surface area contributed by atoms with Gasteiger partial charge in [-0.05, 0) is 26.9 Å². The van der Waals surface area contributed by atoms with E-state index in [9.17, 15) is 0 Å². The monoisotopic (exact) mass is 202 g/mol. The van der Waals surface area contributed by atoms with Crippen molar-refractivity contribution in [3.8, 4) is 0 Å². The molecule has 0 heterocycles. The smallest absolute Gasteiger partial charge is 0.0589 e. The molecule has 0 aromatic carbocycles. The maximum Gasteiger partial charge on any atom is 0.0589 e. The number of ether oxygens (including phenoxy) is 1. The van der Waals surface area contributed by atoms with E-state index in [0.717, 1.165) is 19.7 Å². The van der Waals surface area contributed by atoms with Gasteiger partial charge in [-0.25, -0.2) is 0 Å². The van der Waals surface area contributed by atoms with Gasteiger partial charge in [-0.1, -0.05) is 13.8 Å². The number of rotatable bonds is 8. The summed E-state index contributed by atoms with van der Waals surface area (Å²) in [7, 11) is 3.79. The summed E-state index contributed by atoms with van der Waals surface area (Å²) in [5, 5.41) is 3.36. The molecular formula is C11H26N2O.